The van der Waals surface area contributed by atoms with Gasteiger partial charge in [0.1, 0.15) is 0 Å². The van der Waals surface area contributed by atoms with Gasteiger partial charge in [-0.05, 0) is 24.8 Å². The van der Waals surface area contributed by atoms with Gasteiger partial charge in [-0.1, -0.05) is 54.6 Å². The van der Waals surface area contributed by atoms with E-state index in [1.165, 1.54) is 18.1 Å². The van der Waals surface area contributed by atoms with Crippen LogP contribution in [0.3, 0.4) is 0 Å². The standard InChI is InChI=1S/C22H20N4O/c23-22(12-4-13-22)17-9-7-15(8-10-17)19-20(16-5-2-1-3-6-16)26-21(25-19)18(27)11-14-24-26/h1-3,5-11,14,24H,4,12-13,23H2. The van der Waals surface area contributed by atoms with Crippen molar-refractivity contribution in [2.75, 3.05) is 0 Å². The van der Waals surface area contributed by atoms with Crippen molar-refractivity contribution in [3.63, 3.8) is 0 Å². The molecule has 3 N–H and O–H groups in total. The Morgan fingerprint density at radius 2 is 1.70 bits per heavy atom. The van der Waals surface area contributed by atoms with E-state index in [2.05, 4.69) is 34.3 Å². The van der Waals surface area contributed by atoms with E-state index in [1.807, 2.05) is 30.3 Å². The van der Waals surface area contributed by atoms with Crippen LogP contribution in [0.25, 0.3) is 28.2 Å². The van der Waals surface area contributed by atoms with E-state index in [1.54, 1.807) is 10.7 Å². The fourth-order valence-corrected chi connectivity index (χ4v) is 3.84. The molecule has 1 saturated carbocycles. The van der Waals surface area contributed by atoms with Crippen LogP contribution in [0, 0.1) is 0 Å². The first-order valence-corrected chi connectivity index (χ1v) is 9.21. The zero-order valence-electron chi connectivity index (χ0n) is 14.9. The van der Waals surface area contributed by atoms with Crippen molar-refractivity contribution in [3.8, 4) is 22.5 Å². The maximum Gasteiger partial charge on any atom is 0.224 e. The molecule has 0 spiro atoms. The highest BCUT2D eigenvalue weighted by molar-refractivity contribution is 5.81. The van der Waals surface area contributed by atoms with Crippen molar-refractivity contribution in [3.05, 3.63) is 82.6 Å². The average molecular weight is 356 g/mol. The first-order chi connectivity index (χ1) is 13.2. The summed E-state index contributed by atoms with van der Waals surface area (Å²) in [6.07, 6.45) is 4.89. The molecule has 2 aromatic heterocycles. The van der Waals surface area contributed by atoms with E-state index < -0.39 is 0 Å². The van der Waals surface area contributed by atoms with E-state index >= 15 is 0 Å². The highest BCUT2D eigenvalue weighted by atomic mass is 16.1. The molecule has 5 heteroatoms. The number of benzene rings is 2. The monoisotopic (exact) mass is 356 g/mol. The zero-order chi connectivity index (χ0) is 18.4. The number of nitrogens with two attached hydrogens (primary N) is 1. The molecule has 2 aromatic carbocycles. The Labute approximate surface area is 156 Å². The van der Waals surface area contributed by atoms with Gasteiger partial charge in [0.25, 0.3) is 0 Å². The highest BCUT2D eigenvalue weighted by Crippen LogP contribution is 2.39. The van der Waals surface area contributed by atoms with Crippen LogP contribution in [0.5, 0.6) is 0 Å². The van der Waals surface area contributed by atoms with Crippen LogP contribution in [-0.4, -0.2) is 14.6 Å². The molecule has 1 fully saturated rings. The molecule has 0 amide bonds. The summed E-state index contributed by atoms with van der Waals surface area (Å²) in [5.41, 5.74) is 11.3. The molecule has 4 aromatic rings. The molecule has 0 bridgehead atoms. The minimum Gasteiger partial charge on any atom is -0.321 e. The van der Waals surface area contributed by atoms with E-state index in [-0.39, 0.29) is 11.0 Å². The van der Waals surface area contributed by atoms with Gasteiger partial charge in [0.15, 0.2) is 0 Å². The second kappa shape index (κ2) is 5.93. The Kier molecular flexibility index (Phi) is 3.52. The van der Waals surface area contributed by atoms with E-state index in [0.29, 0.717) is 5.65 Å². The molecule has 1 aliphatic carbocycles. The number of imidazole rings is 1. The van der Waals surface area contributed by atoms with Gasteiger partial charge in [-0.25, -0.2) is 9.50 Å². The number of H-pyrrole nitrogens is 1. The van der Waals surface area contributed by atoms with Crippen LogP contribution in [-0.2, 0) is 5.54 Å². The fraction of sp³-hybridized carbons (Fsp3) is 0.182. The summed E-state index contributed by atoms with van der Waals surface area (Å²) in [6, 6.07) is 19.8. The fourth-order valence-electron chi connectivity index (χ4n) is 3.84. The van der Waals surface area contributed by atoms with Crippen molar-refractivity contribution < 1.29 is 0 Å². The third-order valence-electron chi connectivity index (χ3n) is 5.56. The number of aromatic nitrogens is 3. The number of rotatable bonds is 3. The lowest BCUT2D eigenvalue weighted by molar-refractivity contribution is 0.253. The lowest BCUT2D eigenvalue weighted by Crippen LogP contribution is -2.43. The van der Waals surface area contributed by atoms with E-state index in [9.17, 15) is 4.79 Å². The lowest BCUT2D eigenvalue weighted by atomic mass is 9.72. The number of hydrogen-bond donors (Lipinski definition) is 2. The van der Waals surface area contributed by atoms with Crippen LogP contribution in [0.4, 0.5) is 0 Å². The van der Waals surface area contributed by atoms with Gasteiger partial charge >= 0.3 is 0 Å². The van der Waals surface area contributed by atoms with Gasteiger partial charge in [-0.2, -0.15) is 0 Å². The summed E-state index contributed by atoms with van der Waals surface area (Å²) in [7, 11) is 0. The van der Waals surface area contributed by atoms with Gasteiger partial charge in [0, 0.05) is 28.9 Å². The molecule has 0 aliphatic heterocycles. The maximum atomic E-state index is 12.3. The number of hydrogen-bond acceptors (Lipinski definition) is 3. The van der Waals surface area contributed by atoms with Gasteiger partial charge in [-0.15, -0.1) is 0 Å². The minimum absolute atomic E-state index is 0.107. The second-order valence-electron chi connectivity index (χ2n) is 7.25. The molecule has 0 saturated heterocycles. The smallest absolute Gasteiger partial charge is 0.224 e. The molecule has 27 heavy (non-hydrogen) atoms. The van der Waals surface area contributed by atoms with Crippen LogP contribution in [0.1, 0.15) is 24.8 Å². The molecule has 5 nitrogen and oxygen atoms in total. The Hall–Kier alpha value is -3.18. The van der Waals surface area contributed by atoms with Gasteiger partial charge in [0.05, 0.1) is 11.4 Å². The Balaban J connectivity index is 1.71. The highest BCUT2D eigenvalue weighted by Gasteiger charge is 2.34. The zero-order valence-corrected chi connectivity index (χ0v) is 14.9. The Morgan fingerprint density at radius 1 is 0.963 bits per heavy atom. The lowest BCUT2D eigenvalue weighted by Gasteiger charge is -2.38. The quantitative estimate of drug-likeness (QED) is 0.588. The summed E-state index contributed by atoms with van der Waals surface area (Å²) >= 11 is 0. The normalized spacial score (nSPS) is 15.6. The van der Waals surface area contributed by atoms with Gasteiger partial charge < -0.3 is 5.73 Å². The predicted octanol–water partition coefficient (Wildman–Crippen LogP) is 3.69. The van der Waals surface area contributed by atoms with Crippen LogP contribution in [0.2, 0.25) is 0 Å². The maximum absolute atomic E-state index is 12.3. The summed E-state index contributed by atoms with van der Waals surface area (Å²) in [5.74, 6) is 0. The molecule has 0 atom stereocenters. The topological polar surface area (TPSA) is 76.2 Å². The van der Waals surface area contributed by atoms with Crippen LogP contribution >= 0.6 is 0 Å². The van der Waals surface area contributed by atoms with Crippen LogP contribution in [0.15, 0.2) is 71.7 Å². The molecule has 0 unspecified atom stereocenters. The van der Waals surface area contributed by atoms with E-state index in [4.69, 9.17) is 5.73 Å². The number of nitrogens with one attached hydrogen (secondary N) is 1. The predicted molar refractivity (Wildman–Crippen MR) is 106 cm³/mol. The van der Waals surface area contributed by atoms with Gasteiger partial charge in [0.2, 0.25) is 11.1 Å². The molecular weight excluding hydrogens is 336 g/mol. The van der Waals surface area contributed by atoms with Crippen molar-refractivity contribution in [1.82, 2.24) is 14.6 Å². The SMILES string of the molecule is NC1(c2ccc(-c3nc4c(=O)cc[nH]n4c3-c3ccccc3)cc2)CCC1. The summed E-state index contributed by atoms with van der Waals surface area (Å²) < 4.78 is 1.76. The minimum atomic E-state index is -0.185. The molecular formula is C22H20N4O. The second-order valence-corrected chi connectivity index (χ2v) is 7.25. The third kappa shape index (κ3) is 2.51. The molecule has 2 heterocycles. The van der Waals surface area contributed by atoms with Crippen molar-refractivity contribution in [2.45, 2.75) is 24.8 Å². The van der Waals surface area contributed by atoms with Crippen molar-refractivity contribution in [1.29, 1.82) is 0 Å². The first-order valence-electron chi connectivity index (χ1n) is 9.21. The molecule has 1 aliphatic rings. The molecule has 134 valence electrons. The Bertz CT molecular complexity index is 1170. The van der Waals surface area contributed by atoms with Gasteiger partial charge in [-0.3, -0.25) is 9.89 Å². The number of fused-ring (bicyclic) bond motifs is 1. The Morgan fingerprint density at radius 3 is 2.37 bits per heavy atom. The summed E-state index contributed by atoms with van der Waals surface area (Å²) in [4.78, 5) is 17.0. The molecule has 0 radical (unpaired) electrons. The number of aromatic amines is 1. The van der Waals surface area contributed by atoms with Crippen molar-refractivity contribution >= 4 is 5.65 Å². The largest absolute Gasteiger partial charge is 0.321 e. The first kappa shape index (κ1) is 16.0. The summed E-state index contributed by atoms with van der Waals surface area (Å²) in [5, 5.41) is 3.14. The van der Waals surface area contributed by atoms with E-state index in [0.717, 1.165) is 35.4 Å². The molecule has 5 rings (SSSR count). The van der Waals surface area contributed by atoms with Crippen molar-refractivity contribution in [2.24, 2.45) is 5.73 Å². The average Bonchev–Trinajstić information content (AvgIpc) is 3.08. The van der Waals surface area contributed by atoms with Crippen LogP contribution < -0.4 is 11.2 Å². The summed E-state index contributed by atoms with van der Waals surface area (Å²) in [6.45, 7) is 0. The number of nitrogens with zero attached hydrogens (tertiary/aromatic N) is 2. The third-order valence-corrected chi connectivity index (χ3v) is 5.56.